The van der Waals surface area contributed by atoms with E-state index in [0.29, 0.717) is 6.42 Å². The molecule has 0 saturated heterocycles. The highest BCUT2D eigenvalue weighted by molar-refractivity contribution is 7.91. The summed E-state index contributed by atoms with van der Waals surface area (Å²) in [5.41, 5.74) is 2.43. The van der Waals surface area contributed by atoms with Gasteiger partial charge in [-0.1, -0.05) is 29.8 Å². The van der Waals surface area contributed by atoms with Crippen LogP contribution in [0.5, 0.6) is 0 Å². The average Bonchev–Trinajstić information content (AvgIpc) is 2.34. The van der Waals surface area contributed by atoms with E-state index >= 15 is 0 Å². The summed E-state index contributed by atoms with van der Waals surface area (Å²) < 4.78 is 23.8. The van der Waals surface area contributed by atoms with Crippen molar-refractivity contribution in [3.8, 4) is 0 Å². The monoisotopic (exact) mass is 283 g/mol. The van der Waals surface area contributed by atoms with E-state index < -0.39 is 9.84 Å². The molecule has 19 heavy (non-hydrogen) atoms. The molecule has 0 heterocycles. The maximum atomic E-state index is 11.9. The highest BCUT2D eigenvalue weighted by Gasteiger charge is 2.19. The molecule has 1 unspecified atom stereocenters. The minimum absolute atomic E-state index is 0.249. The molecule has 1 aromatic rings. The third kappa shape index (κ3) is 4.96. The molecule has 1 aromatic carbocycles. The molecule has 0 radical (unpaired) electrons. The van der Waals surface area contributed by atoms with Crippen LogP contribution in [-0.4, -0.2) is 33.0 Å². The number of hydrogen-bond donors (Lipinski definition) is 1. The zero-order valence-corrected chi connectivity index (χ0v) is 13.1. The van der Waals surface area contributed by atoms with E-state index in [0.717, 1.165) is 6.54 Å². The maximum Gasteiger partial charge on any atom is 0.152 e. The van der Waals surface area contributed by atoms with Crippen molar-refractivity contribution in [3.63, 3.8) is 0 Å². The SMILES string of the molecule is CNCC(CCS(=O)(=O)C(C)C)c1cccc(C)c1. The fourth-order valence-electron chi connectivity index (χ4n) is 2.10. The summed E-state index contributed by atoms with van der Waals surface area (Å²) in [6, 6.07) is 8.32. The molecule has 4 heteroatoms. The Morgan fingerprint density at radius 1 is 1.26 bits per heavy atom. The summed E-state index contributed by atoms with van der Waals surface area (Å²) in [7, 11) is -1.05. The Kier molecular flexibility index (Phi) is 6.01. The van der Waals surface area contributed by atoms with Crippen molar-refractivity contribution in [2.45, 2.75) is 38.4 Å². The minimum atomic E-state index is -2.96. The van der Waals surface area contributed by atoms with Crippen molar-refractivity contribution in [1.82, 2.24) is 5.32 Å². The van der Waals surface area contributed by atoms with E-state index in [9.17, 15) is 8.42 Å². The predicted octanol–water partition coefficient (Wildman–Crippen LogP) is 2.51. The number of sulfone groups is 1. The molecule has 1 atom stereocenters. The van der Waals surface area contributed by atoms with Crippen LogP contribution >= 0.6 is 0 Å². The van der Waals surface area contributed by atoms with Crippen LogP contribution in [0, 0.1) is 6.92 Å². The molecule has 1 N–H and O–H groups in total. The zero-order chi connectivity index (χ0) is 14.5. The molecular formula is C15H25NO2S. The lowest BCUT2D eigenvalue weighted by Crippen LogP contribution is -2.23. The first-order valence-corrected chi connectivity index (χ1v) is 8.51. The number of aryl methyl sites for hydroxylation is 1. The van der Waals surface area contributed by atoms with Gasteiger partial charge in [0.2, 0.25) is 0 Å². The normalized spacial score (nSPS) is 13.7. The highest BCUT2D eigenvalue weighted by atomic mass is 32.2. The quantitative estimate of drug-likeness (QED) is 0.836. The molecular weight excluding hydrogens is 258 g/mol. The Balaban J connectivity index is 2.79. The first kappa shape index (κ1) is 16.2. The van der Waals surface area contributed by atoms with Gasteiger partial charge >= 0.3 is 0 Å². The third-order valence-electron chi connectivity index (χ3n) is 3.43. The molecule has 0 spiro atoms. The summed E-state index contributed by atoms with van der Waals surface area (Å²) in [4.78, 5) is 0. The maximum absolute atomic E-state index is 11.9. The Bertz CT molecular complexity index is 495. The van der Waals surface area contributed by atoms with E-state index in [-0.39, 0.29) is 16.9 Å². The Morgan fingerprint density at radius 3 is 2.47 bits per heavy atom. The first-order chi connectivity index (χ1) is 8.86. The van der Waals surface area contributed by atoms with E-state index in [1.165, 1.54) is 11.1 Å². The van der Waals surface area contributed by atoms with E-state index in [2.05, 4.69) is 30.4 Å². The second kappa shape index (κ2) is 7.06. The molecule has 0 aromatic heterocycles. The zero-order valence-electron chi connectivity index (χ0n) is 12.3. The van der Waals surface area contributed by atoms with E-state index in [1.807, 2.05) is 13.1 Å². The van der Waals surface area contributed by atoms with Gasteiger partial charge in [0, 0.05) is 6.54 Å². The molecule has 0 bridgehead atoms. The summed E-state index contributed by atoms with van der Waals surface area (Å²) in [5, 5.41) is 2.86. The van der Waals surface area contributed by atoms with Gasteiger partial charge in [0.15, 0.2) is 9.84 Å². The Hall–Kier alpha value is -0.870. The van der Waals surface area contributed by atoms with Gasteiger partial charge in [-0.25, -0.2) is 8.42 Å². The number of hydrogen-bond acceptors (Lipinski definition) is 3. The second-order valence-corrected chi connectivity index (χ2v) is 8.05. The Morgan fingerprint density at radius 2 is 1.95 bits per heavy atom. The van der Waals surface area contributed by atoms with Crippen molar-refractivity contribution < 1.29 is 8.42 Å². The molecule has 0 fully saturated rings. The number of nitrogens with one attached hydrogen (secondary N) is 1. The molecule has 0 aliphatic rings. The van der Waals surface area contributed by atoms with Crippen LogP contribution in [0.2, 0.25) is 0 Å². The van der Waals surface area contributed by atoms with Crippen LogP contribution in [0.15, 0.2) is 24.3 Å². The van der Waals surface area contributed by atoms with Gasteiger partial charge < -0.3 is 5.32 Å². The van der Waals surface area contributed by atoms with Gasteiger partial charge in [-0.3, -0.25) is 0 Å². The lowest BCUT2D eigenvalue weighted by Gasteiger charge is -2.18. The van der Waals surface area contributed by atoms with Gasteiger partial charge in [0.1, 0.15) is 0 Å². The molecule has 0 aliphatic carbocycles. The predicted molar refractivity (Wildman–Crippen MR) is 81.4 cm³/mol. The van der Waals surface area contributed by atoms with Gasteiger partial charge in [0.05, 0.1) is 11.0 Å². The van der Waals surface area contributed by atoms with Crippen LogP contribution < -0.4 is 5.32 Å². The molecule has 3 nitrogen and oxygen atoms in total. The number of likely N-dealkylation sites (N-methyl/N-ethyl adjacent to an activating group) is 1. The van der Waals surface area contributed by atoms with Gasteiger partial charge in [-0.05, 0) is 45.7 Å². The lowest BCUT2D eigenvalue weighted by atomic mass is 9.95. The summed E-state index contributed by atoms with van der Waals surface area (Å²) in [6.07, 6.45) is 0.671. The molecule has 108 valence electrons. The summed E-state index contributed by atoms with van der Waals surface area (Å²) in [5.74, 6) is 0.503. The molecule has 1 rings (SSSR count). The lowest BCUT2D eigenvalue weighted by molar-refractivity contribution is 0.567. The Labute approximate surface area is 117 Å². The fraction of sp³-hybridized carbons (Fsp3) is 0.600. The number of rotatable bonds is 7. The van der Waals surface area contributed by atoms with Gasteiger partial charge in [0.25, 0.3) is 0 Å². The van der Waals surface area contributed by atoms with Crippen LogP contribution in [0.3, 0.4) is 0 Å². The third-order valence-corrected chi connectivity index (χ3v) is 5.67. The highest BCUT2D eigenvalue weighted by Crippen LogP contribution is 2.21. The topological polar surface area (TPSA) is 46.2 Å². The van der Waals surface area contributed by atoms with Gasteiger partial charge in [-0.15, -0.1) is 0 Å². The van der Waals surface area contributed by atoms with Crippen LogP contribution in [0.4, 0.5) is 0 Å². The molecule has 0 aliphatic heterocycles. The minimum Gasteiger partial charge on any atom is -0.319 e. The second-order valence-electron chi connectivity index (χ2n) is 5.37. The van der Waals surface area contributed by atoms with E-state index in [1.54, 1.807) is 13.8 Å². The largest absolute Gasteiger partial charge is 0.319 e. The van der Waals surface area contributed by atoms with Crippen LogP contribution in [0.25, 0.3) is 0 Å². The average molecular weight is 283 g/mol. The first-order valence-electron chi connectivity index (χ1n) is 6.79. The van der Waals surface area contributed by atoms with Crippen molar-refractivity contribution >= 4 is 9.84 Å². The van der Waals surface area contributed by atoms with Crippen LogP contribution in [-0.2, 0) is 9.84 Å². The standard InChI is InChI=1S/C15H25NO2S/c1-12(2)19(17,18)9-8-15(11-16-4)14-7-5-6-13(3)10-14/h5-7,10,12,15-16H,8-9,11H2,1-4H3. The van der Waals surface area contributed by atoms with Crippen molar-refractivity contribution in [1.29, 1.82) is 0 Å². The summed E-state index contributed by atoms with van der Waals surface area (Å²) in [6.45, 7) is 6.35. The van der Waals surface area contributed by atoms with Gasteiger partial charge in [-0.2, -0.15) is 0 Å². The fourth-order valence-corrected chi connectivity index (χ4v) is 3.18. The van der Waals surface area contributed by atoms with Crippen molar-refractivity contribution in [2.75, 3.05) is 19.3 Å². The molecule has 0 amide bonds. The van der Waals surface area contributed by atoms with E-state index in [4.69, 9.17) is 0 Å². The smallest absolute Gasteiger partial charge is 0.152 e. The van der Waals surface area contributed by atoms with Crippen molar-refractivity contribution in [2.24, 2.45) is 0 Å². The molecule has 0 saturated carbocycles. The van der Waals surface area contributed by atoms with Crippen molar-refractivity contribution in [3.05, 3.63) is 35.4 Å². The number of benzene rings is 1. The van der Waals surface area contributed by atoms with Crippen LogP contribution in [0.1, 0.15) is 37.3 Å². The summed E-state index contributed by atoms with van der Waals surface area (Å²) >= 11 is 0.